The number of nitrogen functional groups attached to an aromatic ring is 1. The van der Waals surface area contributed by atoms with E-state index in [4.69, 9.17) is 5.73 Å². The van der Waals surface area contributed by atoms with Crippen LogP contribution < -0.4 is 11.1 Å². The number of carbonyl (C=O) groups excluding carboxylic acids is 1. The van der Waals surface area contributed by atoms with Crippen molar-refractivity contribution in [1.29, 1.82) is 0 Å². The molecule has 0 spiro atoms. The maximum absolute atomic E-state index is 12.1. The number of aromatic nitrogens is 2. The Labute approximate surface area is 112 Å². The number of rotatable bonds is 6. The summed E-state index contributed by atoms with van der Waals surface area (Å²) in [5, 5.41) is 9.51. The Hall–Kier alpha value is -1.17. The fourth-order valence-electron chi connectivity index (χ4n) is 1.93. The molecule has 4 N–H and O–H groups in total. The Balaban J connectivity index is 2.72. The number of carbonyl (C=O) groups is 1. The van der Waals surface area contributed by atoms with E-state index in [1.165, 1.54) is 0 Å². The molecule has 5 nitrogen and oxygen atoms in total. The molecule has 0 aromatic carbocycles. The Morgan fingerprint density at radius 2 is 2.11 bits per heavy atom. The van der Waals surface area contributed by atoms with E-state index in [-0.39, 0.29) is 16.5 Å². The highest BCUT2D eigenvalue weighted by Crippen LogP contribution is 2.29. The van der Waals surface area contributed by atoms with Crippen LogP contribution in [0.3, 0.4) is 0 Å². The van der Waals surface area contributed by atoms with Crippen molar-refractivity contribution in [2.75, 3.05) is 18.5 Å². The lowest BCUT2D eigenvalue weighted by Gasteiger charge is -2.29. The fraction of sp³-hybridized carbons (Fsp3) is 0.667. The molecule has 1 aromatic rings. The number of nitrogens with zero attached hydrogens (tertiary/aromatic N) is 1. The molecule has 0 radical (unpaired) electrons. The van der Waals surface area contributed by atoms with E-state index in [9.17, 15) is 4.79 Å². The Morgan fingerprint density at radius 3 is 2.50 bits per heavy atom. The van der Waals surface area contributed by atoms with Crippen molar-refractivity contribution in [3.8, 4) is 0 Å². The quantitative estimate of drug-likeness (QED) is 0.737. The number of aromatic amines is 1. The second kappa shape index (κ2) is 6.13. The number of amides is 1. The lowest BCUT2D eigenvalue weighted by molar-refractivity contribution is 0.0949. The van der Waals surface area contributed by atoms with Crippen molar-refractivity contribution >= 4 is 23.5 Å². The summed E-state index contributed by atoms with van der Waals surface area (Å²) in [6.07, 6.45) is 4.12. The normalized spacial score (nSPS) is 11.6. The average molecular weight is 270 g/mol. The van der Waals surface area contributed by atoms with Gasteiger partial charge >= 0.3 is 0 Å². The van der Waals surface area contributed by atoms with Gasteiger partial charge in [0.25, 0.3) is 5.91 Å². The Morgan fingerprint density at radius 1 is 1.50 bits per heavy atom. The number of thioether (sulfide) groups is 1. The van der Waals surface area contributed by atoms with Crippen LogP contribution in [-0.4, -0.2) is 33.7 Å². The van der Waals surface area contributed by atoms with E-state index in [0.29, 0.717) is 17.8 Å². The lowest BCUT2D eigenvalue weighted by atomic mass is 10.0. The van der Waals surface area contributed by atoms with E-state index in [1.807, 2.05) is 0 Å². The highest BCUT2D eigenvalue weighted by atomic mass is 32.2. The third-order valence-corrected chi connectivity index (χ3v) is 5.08. The molecule has 6 heteroatoms. The second-order valence-electron chi connectivity index (χ2n) is 4.39. The maximum atomic E-state index is 12.1. The van der Waals surface area contributed by atoms with Gasteiger partial charge in [-0.3, -0.25) is 9.89 Å². The molecule has 0 saturated heterocycles. The topological polar surface area (TPSA) is 83.8 Å². The second-order valence-corrected chi connectivity index (χ2v) is 5.66. The van der Waals surface area contributed by atoms with Crippen LogP contribution in [-0.2, 0) is 0 Å². The zero-order valence-electron chi connectivity index (χ0n) is 11.5. The summed E-state index contributed by atoms with van der Waals surface area (Å²) in [6.45, 7) is 6.72. The molecule has 1 aromatic heterocycles. The van der Waals surface area contributed by atoms with Crippen LogP contribution in [0, 0.1) is 6.92 Å². The molecule has 0 fully saturated rings. The molecule has 1 rings (SSSR count). The summed E-state index contributed by atoms with van der Waals surface area (Å²) >= 11 is 1.80. The average Bonchev–Trinajstić information content (AvgIpc) is 2.71. The van der Waals surface area contributed by atoms with Crippen molar-refractivity contribution in [1.82, 2.24) is 15.5 Å². The van der Waals surface area contributed by atoms with Gasteiger partial charge in [-0.25, -0.2) is 0 Å². The zero-order chi connectivity index (χ0) is 13.8. The zero-order valence-corrected chi connectivity index (χ0v) is 12.3. The number of hydrogen-bond donors (Lipinski definition) is 3. The van der Waals surface area contributed by atoms with E-state index in [1.54, 1.807) is 18.7 Å². The standard InChI is InChI=1S/C12H22N4OS/c1-5-12(6-2,18-4)7-14-11(17)9-8(3)15-16-10(9)13/h5-7H2,1-4H3,(H,14,17)(H3,13,15,16). The molecule has 0 saturated carbocycles. The van der Waals surface area contributed by atoms with Crippen molar-refractivity contribution in [2.24, 2.45) is 0 Å². The van der Waals surface area contributed by atoms with Crippen LogP contribution in [0.5, 0.6) is 0 Å². The first-order chi connectivity index (χ1) is 8.49. The largest absolute Gasteiger partial charge is 0.382 e. The van der Waals surface area contributed by atoms with Crippen LogP contribution in [0.2, 0.25) is 0 Å². The summed E-state index contributed by atoms with van der Waals surface area (Å²) in [7, 11) is 0. The molecule has 0 aliphatic carbocycles. The van der Waals surface area contributed by atoms with Crippen molar-refractivity contribution in [2.45, 2.75) is 38.4 Å². The van der Waals surface area contributed by atoms with Gasteiger partial charge in [-0.15, -0.1) is 0 Å². The molecule has 18 heavy (non-hydrogen) atoms. The predicted molar refractivity (Wildman–Crippen MR) is 76.9 cm³/mol. The van der Waals surface area contributed by atoms with Crippen LogP contribution >= 0.6 is 11.8 Å². The number of aryl methyl sites for hydroxylation is 1. The molecular formula is C12H22N4OS. The van der Waals surface area contributed by atoms with Crippen LogP contribution in [0.15, 0.2) is 0 Å². The molecule has 0 aliphatic rings. The van der Waals surface area contributed by atoms with Gasteiger partial charge in [0.1, 0.15) is 5.56 Å². The predicted octanol–water partition coefficient (Wildman–Crippen LogP) is 1.95. The first kappa shape index (κ1) is 14.9. The van der Waals surface area contributed by atoms with Gasteiger partial charge in [0.2, 0.25) is 0 Å². The van der Waals surface area contributed by atoms with Crippen LogP contribution in [0.1, 0.15) is 42.7 Å². The third kappa shape index (κ3) is 2.98. The third-order valence-electron chi connectivity index (χ3n) is 3.50. The molecule has 0 bridgehead atoms. The van der Waals surface area contributed by atoms with Gasteiger partial charge < -0.3 is 11.1 Å². The summed E-state index contributed by atoms with van der Waals surface area (Å²) in [4.78, 5) is 12.1. The van der Waals surface area contributed by atoms with Crippen molar-refractivity contribution in [3.63, 3.8) is 0 Å². The molecule has 0 atom stereocenters. The monoisotopic (exact) mass is 270 g/mol. The lowest BCUT2D eigenvalue weighted by Crippen LogP contribution is -2.39. The van der Waals surface area contributed by atoms with E-state index in [2.05, 4.69) is 35.6 Å². The van der Waals surface area contributed by atoms with Gasteiger partial charge in [0.05, 0.1) is 0 Å². The van der Waals surface area contributed by atoms with Crippen molar-refractivity contribution in [3.05, 3.63) is 11.3 Å². The fourth-order valence-corrected chi connectivity index (χ4v) is 2.72. The minimum atomic E-state index is -0.154. The molecule has 1 amide bonds. The van der Waals surface area contributed by atoms with Crippen molar-refractivity contribution < 1.29 is 4.79 Å². The number of anilines is 1. The first-order valence-electron chi connectivity index (χ1n) is 6.13. The first-order valence-corrected chi connectivity index (χ1v) is 7.36. The van der Waals surface area contributed by atoms with Gasteiger partial charge in [-0.05, 0) is 26.0 Å². The molecular weight excluding hydrogens is 248 g/mol. The Bertz CT molecular complexity index is 384. The van der Waals surface area contributed by atoms with Crippen LogP contribution in [0.25, 0.3) is 0 Å². The summed E-state index contributed by atoms with van der Waals surface area (Å²) in [5.74, 6) is 0.104. The highest BCUT2D eigenvalue weighted by molar-refractivity contribution is 8.00. The molecule has 0 aliphatic heterocycles. The number of H-pyrrole nitrogens is 1. The minimum absolute atomic E-state index is 0.0993. The van der Waals surface area contributed by atoms with Crippen LogP contribution in [0.4, 0.5) is 5.82 Å². The highest BCUT2D eigenvalue weighted by Gasteiger charge is 2.26. The van der Waals surface area contributed by atoms with Gasteiger partial charge in [-0.2, -0.15) is 16.9 Å². The van der Waals surface area contributed by atoms with E-state index in [0.717, 1.165) is 12.8 Å². The SMILES string of the molecule is CCC(CC)(CNC(=O)c1c(N)n[nH]c1C)SC. The smallest absolute Gasteiger partial charge is 0.256 e. The Kier molecular flexibility index (Phi) is 5.07. The van der Waals surface area contributed by atoms with E-state index >= 15 is 0 Å². The summed E-state index contributed by atoms with van der Waals surface area (Å²) in [6, 6.07) is 0. The molecule has 102 valence electrons. The number of hydrogen-bond acceptors (Lipinski definition) is 4. The van der Waals surface area contributed by atoms with Gasteiger partial charge in [0.15, 0.2) is 5.82 Å². The molecule has 0 unspecified atom stereocenters. The number of nitrogens with two attached hydrogens (primary N) is 1. The minimum Gasteiger partial charge on any atom is -0.382 e. The van der Waals surface area contributed by atoms with Gasteiger partial charge in [0, 0.05) is 17.0 Å². The maximum Gasteiger partial charge on any atom is 0.256 e. The van der Waals surface area contributed by atoms with E-state index < -0.39 is 0 Å². The van der Waals surface area contributed by atoms with Gasteiger partial charge in [-0.1, -0.05) is 13.8 Å². The summed E-state index contributed by atoms with van der Waals surface area (Å²) < 4.78 is 0.0993. The number of nitrogens with one attached hydrogen (secondary N) is 2. The molecule has 1 heterocycles. The summed E-state index contributed by atoms with van der Waals surface area (Å²) in [5.41, 5.74) is 6.83.